The highest BCUT2D eigenvalue weighted by Gasteiger charge is 2.06. The highest BCUT2D eigenvalue weighted by Crippen LogP contribution is 2.31. The van der Waals surface area contributed by atoms with Crippen LogP contribution in [0.15, 0.2) is 53.4 Å². The van der Waals surface area contributed by atoms with Gasteiger partial charge in [0.2, 0.25) is 6.41 Å². The van der Waals surface area contributed by atoms with Crippen molar-refractivity contribution in [2.75, 3.05) is 12.1 Å². The Morgan fingerprint density at radius 3 is 2.26 bits per heavy atom. The largest absolute Gasteiger partial charge is 0.313 e. The van der Waals surface area contributed by atoms with Gasteiger partial charge in [-0.15, -0.1) is 11.8 Å². The minimum Gasteiger partial charge on any atom is -0.313 e. The molecule has 0 spiro atoms. The molecule has 0 aromatic heterocycles. The molecule has 0 heterocycles. The van der Waals surface area contributed by atoms with Gasteiger partial charge in [0.25, 0.3) is 0 Å². The molecule has 2 rings (SSSR count). The summed E-state index contributed by atoms with van der Waals surface area (Å²) in [5.74, 6) is 11.3. The van der Waals surface area contributed by atoms with E-state index in [1.165, 1.54) is 16.0 Å². The number of hydrazine groups is 2. The molecule has 0 aliphatic carbocycles. The number of nitrogens with one attached hydrogen (secondary N) is 1. The van der Waals surface area contributed by atoms with E-state index in [2.05, 4.69) is 49.2 Å². The van der Waals surface area contributed by atoms with Crippen LogP contribution < -0.4 is 22.1 Å². The summed E-state index contributed by atoms with van der Waals surface area (Å²) in [6.45, 7) is 2.20. The number of hydrogen-bond donors (Lipinski definition) is 3. The molecular formula is C17H24N4OS. The summed E-state index contributed by atoms with van der Waals surface area (Å²) in [4.78, 5) is 10.2. The first-order valence-electron chi connectivity index (χ1n) is 7.30. The molecule has 1 amide bonds. The average Bonchev–Trinajstić information content (AvgIpc) is 2.60. The number of amides is 1. The number of para-hydroxylation sites is 1. The van der Waals surface area contributed by atoms with Gasteiger partial charge in [0, 0.05) is 17.7 Å². The van der Waals surface area contributed by atoms with Gasteiger partial charge < -0.3 is 5.01 Å². The van der Waals surface area contributed by atoms with Gasteiger partial charge in [0.05, 0.1) is 5.69 Å². The third-order valence-corrected chi connectivity index (χ3v) is 4.31. The van der Waals surface area contributed by atoms with Gasteiger partial charge in [-0.2, -0.15) is 0 Å². The minimum absolute atomic E-state index is 0.403. The molecule has 0 fully saturated rings. The summed E-state index contributed by atoms with van der Waals surface area (Å²) in [5.41, 5.74) is 5.65. The first-order chi connectivity index (χ1) is 11.1. The van der Waals surface area contributed by atoms with Crippen molar-refractivity contribution in [3.63, 3.8) is 0 Å². The lowest BCUT2D eigenvalue weighted by atomic mass is 10.1. The van der Waals surface area contributed by atoms with Crippen LogP contribution in [0, 0.1) is 0 Å². The van der Waals surface area contributed by atoms with Crippen molar-refractivity contribution in [3.8, 4) is 0 Å². The molecule has 5 nitrogen and oxygen atoms in total. The molecule has 0 saturated carbocycles. The summed E-state index contributed by atoms with van der Waals surface area (Å²) in [5, 5.41) is 1.67. The summed E-state index contributed by atoms with van der Waals surface area (Å²) < 4.78 is 0. The molecule has 0 aliphatic heterocycles. The number of hydrogen-bond acceptors (Lipinski definition) is 5. The number of carbonyl (C=O) groups is 1. The number of thioether (sulfide) groups is 1. The Morgan fingerprint density at radius 2 is 1.70 bits per heavy atom. The molecule has 0 saturated heterocycles. The highest BCUT2D eigenvalue weighted by atomic mass is 32.2. The molecule has 5 N–H and O–H groups in total. The van der Waals surface area contributed by atoms with Crippen molar-refractivity contribution in [1.82, 2.24) is 5.43 Å². The van der Waals surface area contributed by atoms with E-state index in [1.54, 1.807) is 10.4 Å². The number of anilines is 1. The zero-order valence-electron chi connectivity index (χ0n) is 13.5. The fourth-order valence-electron chi connectivity index (χ4n) is 2.07. The van der Waals surface area contributed by atoms with Crippen LogP contribution in [-0.4, -0.2) is 13.5 Å². The van der Waals surface area contributed by atoms with E-state index in [0.717, 1.165) is 17.9 Å². The Balaban J connectivity index is 0.000000593. The van der Waals surface area contributed by atoms with Crippen molar-refractivity contribution in [2.45, 2.75) is 24.0 Å². The second-order valence-corrected chi connectivity index (χ2v) is 5.79. The summed E-state index contributed by atoms with van der Waals surface area (Å²) >= 11 is 1.84. The molecular weight excluding hydrogens is 308 g/mol. The van der Waals surface area contributed by atoms with Gasteiger partial charge in [-0.1, -0.05) is 43.3 Å². The van der Waals surface area contributed by atoms with E-state index in [1.807, 2.05) is 30.9 Å². The maximum Gasteiger partial charge on any atom is 0.221 e. The Hall–Kier alpha value is -2.02. The number of rotatable bonds is 6. The van der Waals surface area contributed by atoms with E-state index in [-0.39, 0.29) is 0 Å². The van der Waals surface area contributed by atoms with Crippen molar-refractivity contribution in [3.05, 3.63) is 59.7 Å². The van der Waals surface area contributed by atoms with Crippen LogP contribution in [0.4, 0.5) is 5.69 Å². The lowest BCUT2D eigenvalue weighted by Crippen LogP contribution is -2.25. The zero-order valence-corrected chi connectivity index (χ0v) is 14.3. The number of benzene rings is 2. The second-order valence-electron chi connectivity index (χ2n) is 4.77. The topological polar surface area (TPSA) is 84.4 Å². The third kappa shape index (κ3) is 6.32. The molecule has 0 unspecified atom stereocenters. The van der Waals surface area contributed by atoms with E-state index < -0.39 is 0 Å². The molecule has 23 heavy (non-hydrogen) atoms. The number of nitrogens with two attached hydrogens (primary N) is 2. The first kappa shape index (κ1) is 19.0. The summed E-state index contributed by atoms with van der Waals surface area (Å²) in [6, 6.07) is 16.9. The van der Waals surface area contributed by atoms with Crippen molar-refractivity contribution < 1.29 is 4.79 Å². The van der Waals surface area contributed by atoms with Crippen LogP contribution in [-0.2, 0) is 17.0 Å². The van der Waals surface area contributed by atoms with Crippen molar-refractivity contribution in [1.29, 1.82) is 0 Å². The molecule has 0 bridgehead atoms. The van der Waals surface area contributed by atoms with E-state index in [9.17, 15) is 0 Å². The normalized spacial score (nSPS) is 9.57. The minimum atomic E-state index is 0.403. The standard InChI is InChI=1S/C16H20N2S.CH4N2O/c1-3-13-8-4-5-9-14(13)12-19-16-11-7-6-10-15(16)18(2)17;2-3-1-4/h4-11H,3,12,17H2,1-2H3;1H,2H2,(H,3,4). The van der Waals surface area contributed by atoms with Gasteiger partial charge in [-0.05, 0) is 29.7 Å². The van der Waals surface area contributed by atoms with Crippen LogP contribution in [0.2, 0.25) is 0 Å². The van der Waals surface area contributed by atoms with Gasteiger partial charge in [-0.25, -0.2) is 11.7 Å². The predicted octanol–water partition coefficient (Wildman–Crippen LogP) is 2.46. The molecule has 6 heteroatoms. The number of carbonyl (C=O) groups excluding carboxylic acids is 1. The quantitative estimate of drug-likeness (QED) is 0.249. The molecule has 2 aromatic carbocycles. The SMILES string of the molecule is CCc1ccccc1CSc1ccccc1N(C)N.NNC=O. The van der Waals surface area contributed by atoms with E-state index >= 15 is 0 Å². The first-order valence-corrected chi connectivity index (χ1v) is 8.29. The zero-order chi connectivity index (χ0) is 17.1. The van der Waals surface area contributed by atoms with Crippen LogP contribution >= 0.6 is 11.8 Å². The lowest BCUT2D eigenvalue weighted by Gasteiger charge is -2.16. The lowest BCUT2D eigenvalue weighted by molar-refractivity contribution is -0.109. The van der Waals surface area contributed by atoms with E-state index in [0.29, 0.717) is 6.41 Å². The number of aryl methyl sites for hydroxylation is 1. The predicted molar refractivity (Wildman–Crippen MR) is 97.8 cm³/mol. The van der Waals surface area contributed by atoms with Crippen LogP contribution in [0.1, 0.15) is 18.1 Å². The molecule has 124 valence electrons. The Bertz CT molecular complexity index is 605. The van der Waals surface area contributed by atoms with Gasteiger partial charge >= 0.3 is 0 Å². The molecule has 0 aliphatic rings. The molecule has 2 aromatic rings. The van der Waals surface area contributed by atoms with Crippen molar-refractivity contribution >= 4 is 23.9 Å². The maximum absolute atomic E-state index is 8.94. The fourth-order valence-corrected chi connectivity index (χ4v) is 3.20. The molecule has 0 radical (unpaired) electrons. The Morgan fingerprint density at radius 1 is 1.13 bits per heavy atom. The summed E-state index contributed by atoms with van der Waals surface area (Å²) in [6.07, 6.45) is 1.48. The second kappa shape index (κ2) is 10.7. The van der Waals surface area contributed by atoms with Gasteiger partial charge in [0.1, 0.15) is 0 Å². The fraction of sp³-hybridized carbons (Fsp3) is 0.235. The van der Waals surface area contributed by atoms with Crippen LogP contribution in [0.3, 0.4) is 0 Å². The van der Waals surface area contributed by atoms with Gasteiger partial charge in [-0.3, -0.25) is 10.2 Å². The highest BCUT2D eigenvalue weighted by molar-refractivity contribution is 7.98. The monoisotopic (exact) mass is 332 g/mol. The van der Waals surface area contributed by atoms with Crippen LogP contribution in [0.25, 0.3) is 0 Å². The Labute approximate surface area is 142 Å². The smallest absolute Gasteiger partial charge is 0.221 e. The molecule has 0 atom stereocenters. The Kier molecular flexibility index (Phi) is 8.82. The third-order valence-electron chi connectivity index (χ3n) is 3.20. The van der Waals surface area contributed by atoms with Crippen LogP contribution in [0.5, 0.6) is 0 Å². The summed E-state index contributed by atoms with van der Waals surface area (Å²) in [7, 11) is 1.87. The average molecular weight is 332 g/mol. The van der Waals surface area contributed by atoms with Gasteiger partial charge in [0.15, 0.2) is 0 Å². The maximum atomic E-state index is 8.94. The number of nitrogens with zero attached hydrogens (tertiary/aromatic N) is 1. The van der Waals surface area contributed by atoms with Crippen molar-refractivity contribution in [2.24, 2.45) is 11.7 Å². The van der Waals surface area contributed by atoms with E-state index in [4.69, 9.17) is 10.6 Å².